The van der Waals surface area contributed by atoms with Gasteiger partial charge in [0.05, 0.1) is 17.0 Å². The first-order chi connectivity index (χ1) is 10.8. The third-order valence-electron chi connectivity index (χ3n) is 3.78. The number of hydroxylamine groups is 2. The molecule has 0 radical (unpaired) electrons. The minimum absolute atomic E-state index is 0.273. The lowest BCUT2D eigenvalue weighted by atomic mass is 9.89. The molecule has 5 nitrogen and oxygen atoms in total. The Balaban J connectivity index is 2.13. The highest BCUT2D eigenvalue weighted by atomic mass is 16.7. The molecule has 0 aliphatic carbocycles. The second kappa shape index (κ2) is 6.94. The fourth-order valence-corrected chi connectivity index (χ4v) is 2.84. The third kappa shape index (κ3) is 3.78. The van der Waals surface area contributed by atoms with E-state index in [2.05, 4.69) is 0 Å². The number of carbonyl (C=O) groups excluding carboxylic acids is 3. The number of nitrogens with zero attached hydrogens (tertiary/aromatic N) is 1. The molecular formula is C18H23NO4. The van der Waals surface area contributed by atoms with Crippen LogP contribution in [0.25, 0.3) is 0 Å². The molecule has 2 rings (SSSR count). The Labute approximate surface area is 136 Å². The van der Waals surface area contributed by atoms with Crippen molar-refractivity contribution in [2.75, 3.05) is 0 Å². The van der Waals surface area contributed by atoms with Crippen molar-refractivity contribution in [1.82, 2.24) is 5.06 Å². The van der Waals surface area contributed by atoms with Gasteiger partial charge in [0, 0.05) is 0 Å². The van der Waals surface area contributed by atoms with Crippen molar-refractivity contribution in [3.05, 3.63) is 35.4 Å². The van der Waals surface area contributed by atoms with Crippen LogP contribution in [0.15, 0.2) is 24.3 Å². The highest BCUT2D eigenvalue weighted by Gasteiger charge is 2.39. The van der Waals surface area contributed by atoms with Gasteiger partial charge in [0.1, 0.15) is 0 Å². The van der Waals surface area contributed by atoms with Crippen molar-refractivity contribution in [1.29, 1.82) is 0 Å². The standard InChI is InChI=1S/C18H23NO4/c1-11(2)9-13(10-12(3)4)18(22)23-19-16(20)14-7-5-6-8-15(14)17(19)21/h5-8,11-13H,9-10H2,1-4H3. The molecule has 0 aromatic heterocycles. The van der Waals surface area contributed by atoms with Crippen molar-refractivity contribution in [3.63, 3.8) is 0 Å². The first-order valence-corrected chi connectivity index (χ1v) is 8.00. The molecule has 0 unspecified atom stereocenters. The molecular weight excluding hydrogens is 294 g/mol. The van der Waals surface area contributed by atoms with Crippen molar-refractivity contribution in [3.8, 4) is 0 Å². The Hall–Kier alpha value is -2.17. The fourth-order valence-electron chi connectivity index (χ4n) is 2.84. The molecule has 0 saturated carbocycles. The summed E-state index contributed by atoms with van der Waals surface area (Å²) in [5.41, 5.74) is 0.545. The number of fused-ring (bicyclic) bond motifs is 1. The van der Waals surface area contributed by atoms with E-state index in [-0.39, 0.29) is 17.0 Å². The van der Waals surface area contributed by atoms with Gasteiger partial charge in [-0.05, 0) is 36.8 Å². The van der Waals surface area contributed by atoms with Crippen LogP contribution in [0.5, 0.6) is 0 Å². The molecule has 5 heteroatoms. The Morgan fingerprint density at radius 1 is 0.957 bits per heavy atom. The lowest BCUT2D eigenvalue weighted by Crippen LogP contribution is -2.35. The number of amides is 2. The predicted molar refractivity (Wildman–Crippen MR) is 85.4 cm³/mol. The van der Waals surface area contributed by atoms with Crippen LogP contribution >= 0.6 is 0 Å². The molecule has 0 N–H and O–H groups in total. The van der Waals surface area contributed by atoms with Gasteiger partial charge in [-0.1, -0.05) is 44.9 Å². The summed E-state index contributed by atoms with van der Waals surface area (Å²) < 4.78 is 0. The zero-order valence-corrected chi connectivity index (χ0v) is 14.0. The second-order valence-electron chi connectivity index (χ2n) is 6.82. The topological polar surface area (TPSA) is 63.7 Å². The highest BCUT2D eigenvalue weighted by Crippen LogP contribution is 2.26. The Morgan fingerprint density at radius 2 is 1.39 bits per heavy atom. The number of rotatable bonds is 6. The number of imide groups is 1. The van der Waals surface area contributed by atoms with Gasteiger partial charge in [-0.2, -0.15) is 0 Å². The van der Waals surface area contributed by atoms with Gasteiger partial charge in [-0.25, -0.2) is 4.79 Å². The van der Waals surface area contributed by atoms with Crippen LogP contribution in [-0.2, 0) is 9.63 Å². The quantitative estimate of drug-likeness (QED) is 0.754. The smallest absolute Gasteiger partial charge is 0.329 e. The van der Waals surface area contributed by atoms with Crippen LogP contribution in [0.3, 0.4) is 0 Å². The Morgan fingerprint density at radius 3 is 1.78 bits per heavy atom. The van der Waals surface area contributed by atoms with Gasteiger partial charge in [-0.3, -0.25) is 9.59 Å². The lowest BCUT2D eigenvalue weighted by molar-refractivity contribution is -0.175. The van der Waals surface area contributed by atoms with Gasteiger partial charge < -0.3 is 4.84 Å². The minimum Gasteiger partial charge on any atom is -0.329 e. The summed E-state index contributed by atoms with van der Waals surface area (Å²) in [4.78, 5) is 42.1. The van der Waals surface area contributed by atoms with E-state index in [1.165, 1.54) is 0 Å². The molecule has 1 heterocycles. The normalized spacial score (nSPS) is 14.1. The molecule has 0 bridgehead atoms. The van der Waals surface area contributed by atoms with Crippen molar-refractivity contribution in [2.24, 2.45) is 17.8 Å². The molecule has 124 valence electrons. The van der Waals surface area contributed by atoms with Crippen molar-refractivity contribution >= 4 is 17.8 Å². The number of benzene rings is 1. The van der Waals surface area contributed by atoms with Gasteiger partial charge in [0.25, 0.3) is 11.8 Å². The van der Waals surface area contributed by atoms with E-state index in [1.54, 1.807) is 24.3 Å². The summed E-state index contributed by atoms with van der Waals surface area (Å²) in [5.74, 6) is -1.33. The number of hydrogen-bond acceptors (Lipinski definition) is 4. The van der Waals surface area contributed by atoms with E-state index >= 15 is 0 Å². The van der Waals surface area contributed by atoms with Gasteiger partial charge in [0.15, 0.2) is 0 Å². The average Bonchev–Trinajstić information content (AvgIpc) is 2.71. The Bertz CT molecular complexity index is 576. The van der Waals surface area contributed by atoms with Crippen LogP contribution in [0, 0.1) is 17.8 Å². The predicted octanol–water partition coefficient (Wildman–Crippen LogP) is 3.45. The van der Waals surface area contributed by atoms with E-state index in [0.29, 0.717) is 29.7 Å². The Kier molecular flexibility index (Phi) is 5.19. The van der Waals surface area contributed by atoms with Gasteiger partial charge in [0.2, 0.25) is 0 Å². The van der Waals surface area contributed by atoms with E-state index < -0.39 is 17.8 Å². The minimum atomic E-state index is -0.577. The zero-order valence-electron chi connectivity index (χ0n) is 14.0. The monoisotopic (exact) mass is 317 g/mol. The van der Waals surface area contributed by atoms with E-state index in [4.69, 9.17) is 4.84 Å². The number of hydrogen-bond donors (Lipinski definition) is 0. The van der Waals surface area contributed by atoms with E-state index in [9.17, 15) is 14.4 Å². The largest absolute Gasteiger partial charge is 0.336 e. The summed E-state index contributed by atoms with van der Waals surface area (Å²) in [6.07, 6.45) is 1.33. The summed E-state index contributed by atoms with van der Waals surface area (Å²) in [5, 5.41) is 0.598. The number of carbonyl (C=O) groups is 3. The maximum Gasteiger partial charge on any atom is 0.336 e. The molecule has 1 aliphatic rings. The van der Waals surface area contributed by atoms with Gasteiger partial charge in [-0.15, -0.1) is 0 Å². The summed E-state index contributed by atoms with van der Waals surface area (Å²) in [7, 11) is 0. The zero-order chi connectivity index (χ0) is 17.1. The van der Waals surface area contributed by atoms with E-state index in [0.717, 1.165) is 0 Å². The molecule has 1 aromatic carbocycles. The van der Waals surface area contributed by atoms with Crippen LogP contribution in [0.4, 0.5) is 0 Å². The SMILES string of the molecule is CC(C)CC(CC(C)C)C(=O)ON1C(=O)c2ccccc2C1=O. The van der Waals surface area contributed by atoms with E-state index in [1.807, 2.05) is 27.7 Å². The molecule has 2 amide bonds. The molecule has 0 spiro atoms. The molecule has 0 saturated heterocycles. The summed E-state index contributed by atoms with van der Waals surface area (Å²) >= 11 is 0. The summed E-state index contributed by atoms with van der Waals surface area (Å²) in [6, 6.07) is 6.47. The molecule has 0 atom stereocenters. The van der Waals surface area contributed by atoms with Crippen molar-refractivity contribution in [2.45, 2.75) is 40.5 Å². The van der Waals surface area contributed by atoms with Gasteiger partial charge >= 0.3 is 5.97 Å². The first kappa shape index (κ1) is 17.2. The highest BCUT2D eigenvalue weighted by molar-refractivity contribution is 6.20. The molecule has 1 aromatic rings. The first-order valence-electron chi connectivity index (χ1n) is 8.00. The fraction of sp³-hybridized carbons (Fsp3) is 0.500. The van der Waals surface area contributed by atoms with Crippen LogP contribution in [0.2, 0.25) is 0 Å². The average molecular weight is 317 g/mol. The van der Waals surface area contributed by atoms with Crippen molar-refractivity contribution < 1.29 is 19.2 Å². The maximum atomic E-state index is 12.4. The maximum absolute atomic E-state index is 12.4. The van der Waals surface area contributed by atoms with Crippen LogP contribution < -0.4 is 0 Å². The summed E-state index contributed by atoms with van der Waals surface area (Å²) in [6.45, 7) is 8.12. The van der Waals surface area contributed by atoms with Crippen LogP contribution in [0.1, 0.15) is 61.3 Å². The molecule has 23 heavy (non-hydrogen) atoms. The third-order valence-corrected chi connectivity index (χ3v) is 3.78. The second-order valence-corrected chi connectivity index (χ2v) is 6.82. The van der Waals surface area contributed by atoms with Crippen LogP contribution in [-0.4, -0.2) is 22.8 Å². The molecule has 0 fully saturated rings. The lowest BCUT2D eigenvalue weighted by Gasteiger charge is -2.21. The molecule has 1 aliphatic heterocycles.